The fraction of sp³-hybridized carbons (Fsp3) is 0.583. The van der Waals surface area contributed by atoms with Crippen molar-refractivity contribution in [2.75, 3.05) is 42.1 Å². The van der Waals surface area contributed by atoms with Gasteiger partial charge in [-0.25, -0.2) is 9.19 Å². The second-order valence-electron chi connectivity index (χ2n) is 4.09. The van der Waals surface area contributed by atoms with E-state index < -0.39 is 22.7 Å². The Morgan fingerprint density at radius 2 is 1.46 bits per heavy atom. The summed E-state index contributed by atoms with van der Waals surface area (Å²) in [5.41, 5.74) is 0. The van der Waals surface area contributed by atoms with E-state index in [0.29, 0.717) is 0 Å². The molecule has 0 N–H and O–H groups in total. The predicted octanol–water partition coefficient (Wildman–Crippen LogP) is -0.00280. The number of nitrogens with zero attached hydrogens (tertiary/aromatic N) is 4. The Labute approximate surface area is 148 Å². The maximum Gasteiger partial charge on any atom is 0.304 e. The number of hydrogen-bond donors (Lipinski definition) is 0. The first kappa shape index (κ1) is 24.9. The van der Waals surface area contributed by atoms with Gasteiger partial charge in [-0.1, -0.05) is 0 Å². The van der Waals surface area contributed by atoms with Gasteiger partial charge in [0.05, 0.1) is 45.7 Å². The molecule has 1 unspecified atom stereocenters. The zero-order chi connectivity index (χ0) is 19.0. The third-order valence-corrected chi connectivity index (χ3v) is 2.88. The van der Waals surface area contributed by atoms with Crippen molar-refractivity contribution in [1.82, 2.24) is 19.4 Å². The van der Waals surface area contributed by atoms with Crippen LogP contribution in [0.5, 0.6) is 0 Å². The van der Waals surface area contributed by atoms with E-state index in [1.54, 1.807) is 12.5 Å². The highest BCUT2D eigenvalue weighted by Crippen LogP contribution is 1.97. The second-order valence-corrected chi connectivity index (χ2v) is 5.91. The highest BCUT2D eigenvalue weighted by molar-refractivity contribution is 7.75. The lowest BCUT2D eigenvalue weighted by Gasteiger charge is -2.10. The van der Waals surface area contributed by atoms with Crippen LogP contribution in [0.15, 0.2) is 31.1 Å². The highest BCUT2D eigenvalue weighted by Gasteiger charge is 1.99. The van der Waals surface area contributed by atoms with Crippen LogP contribution in [0.2, 0.25) is 0 Å². The fourth-order valence-corrected chi connectivity index (χ4v) is 1.20. The zero-order valence-electron chi connectivity index (χ0n) is 14.6. The van der Waals surface area contributed by atoms with Crippen LogP contribution < -0.4 is 0 Å². The second kappa shape index (κ2) is 16.5. The molecule has 1 aliphatic heterocycles. The van der Waals surface area contributed by atoms with Crippen molar-refractivity contribution in [2.24, 2.45) is 7.05 Å². The van der Waals surface area contributed by atoms with Crippen molar-refractivity contribution in [2.45, 2.75) is 0 Å². The van der Waals surface area contributed by atoms with Crippen LogP contribution in [-0.2, 0) is 42.3 Å². The standard InChI is InChI=1S/C5H10N2.C4H6N2.C2H6O3S.CH4O3S/c1-6-3-4-7(2)5-6;1-6-3-2-5-4-6;1-4-6(3)5-2;1-4-5(2)3/h3-4H,5H2,1-2H3;2-4H,1H3;1-2H3;1H3,(H,2,3)/p-1. The zero-order valence-corrected chi connectivity index (χ0v) is 16.3. The van der Waals surface area contributed by atoms with Crippen molar-refractivity contribution in [3.8, 4) is 0 Å². The molecule has 1 atom stereocenters. The van der Waals surface area contributed by atoms with E-state index >= 15 is 0 Å². The lowest BCUT2D eigenvalue weighted by molar-refractivity contribution is 0.334. The third-order valence-electron chi connectivity index (χ3n) is 2.07. The Morgan fingerprint density at radius 3 is 1.54 bits per heavy atom. The molecule has 10 nitrogen and oxygen atoms in total. The molecule has 12 heteroatoms. The molecule has 0 aromatic carbocycles. The molecule has 0 amide bonds. The average Bonchev–Trinajstić information content (AvgIpc) is 3.19. The largest absolute Gasteiger partial charge is 0.750 e. The van der Waals surface area contributed by atoms with E-state index in [4.69, 9.17) is 8.76 Å². The van der Waals surface area contributed by atoms with Gasteiger partial charge in [-0.15, -0.1) is 0 Å². The first-order chi connectivity index (χ1) is 11.3. The highest BCUT2D eigenvalue weighted by atomic mass is 32.2. The SMILES string of the molecule is CN1C=CN(C)C1.COS(=O)OC.COS(=O)[O-].Cn1ccnc1. The van der Waals surface area contributed by atoms with E-state index in [-0.39, 0.29) is 0 Å². The maximum atomic E-state index is 9.85. The number of aryl methyl sites for hydroxylation is 1. The first-order valence-electron chi connectivity index (χ1n) is 6.41. The molecule has 0 aliphatic carbocycles. The lowest BCUT2D eigenvalue weighted by Crippen LogP contribution is -2.17. The van der Waals surface area contributed by atoms with Crippen LogP contribution in [-0.4, -0.2) is 74.4 Å². The summed E-state index contributed by atoms with van der Waals surface area (Å²) in [6.07, 6.45) is 9.50. The average molecular weight is 385 g/mol. The predicted molar refractivity (Wildman–Crippen MR) is 90.8 cm³/mol. The van der Waals surface area contributed by atoms with Gasteiger partial charge >= 0.3 is 11.4 Å². The van der Waals surface area contributed by atoms with E-state index in [2.05, 4.69) is 53.8 Å². The van der Waals surface area contributed by atoms with Crippen LogP contribution in [0, 0.1) is 0 Å². The minimum absolute atomic E-state index is 1.03. The summed E-state index contributed by atoms with van der Waals surface area (Å²) in [5, 5.41) is 0. The lowest BCUT2D eigenvalue weighted by atomic mass is 10.9. The Hall–Kier alpha value is -1.31. The fourth-order valence-electron chi connectivity index (χ4n) is 1.07. The van der Waals surface area contributed by atoms with Crippen molar-refractivity contribution >= 4 is 22.7 Å². The van der Waals surface area contributed by atoms with Crippen molar-refractivity contribution in [3.05, 3.63) is 31.1 Å². The van der Waals surface area contributed by atoms with Crippen LogP contribution in [0.1, 0.15) is 0 Å². The van der Waals surface area contributed by atoms with Gasteiger partial charge < -0.3 is 23.1 Å². The summed E-state index contributed by atoms with van der Waals surface area (Å²) >= 11 is -3.86. The summed E-state index contributed by atoms with van der Waals surface area (Å²) in [4.78, 5) is 8.03. The summed E-state index contributed by atoms with van der Waals surface area (Å²) in [7, 11) is 9.75. The third kappa shape index (κ3) is 18.7. The van der Waals surface area contributed by atoms with Gasteiger partial charge in [-0.3, -0.25) is 8.37 Å². The quantitative estimate of drug-likeness (QED) is 0.664. The maximum absolute atomic E-state index is 9.85. The van der Waals surface area contributed by atoms with Crippen LogP contribution in [0.4, 0.5) is 0 Å². The molecule has 0 radical (unpaired) electrons. The van der Waals surface area contributed by atoms with E-state index in [1.165, 1.54) is 14.2 Å². The molecule has 24 heavy (non-hydrogen) atoms. The Balaban J connectivity index is 0. The first-order valence-corrected chi connectivity index (χ1v) is 8.41. The molecule has 0 spiro atoms. The van der Waals surface area contributed by atoms with Crippen LogP contribution in [0.3, 0.4) is 0 Å². The van der Waals surface area contributed by atoms with Crippen LogP contribution >= 0.6 is 0 Å². The van der Waals surface area contributed by atoms with Gasteiger partial charge in [0, 0.05) is 45.9 Å². The number of imidazole rings is 1. The van der Waals surface area contributed by atoms with Crippen molar-refractivity contribution in [1.29, 1.82) is 0 Å². The molecule has 142 valence electrons. The van der Waals surface area contributed by atoms with Gasteiger partial charge in [0.15, 0.2) is 0 Å². The summed E-state index contributed by atoms with van der Waals surface area (Å²) in [6.45, 7) is 1.03. The monoisotopic (exact) mass is 385 g/mol. The molecule has 2 heterocycles. The van der Waals surface area contributed by atoms with Gasteiger partial charge in [0.2, 0.25) is 0 Å². The van der Waals surface area contributed by atoms with E-state index in [1.807, 2.05) is 17.8 Å². The van der Waals surface area contributed by atoms with Crippen molar-refractivity contribution < 1.29 is 25.5 Å². The smallest absolute Gasteiger partial charge is 0.304 e. The molecule has 0 saturated carbocycles. The van der Waals surface area contributed by atoms with Crippen molar-refractivity contribution in [3.63, 3.8) is 0 Å². The minimum atomic E-state index is -2.32. The summed E-state index contributed by atoms with van der Waals surface area (Å²) in [6, 6.07) is 0. The Bertz CT molecular complexity index is 456. The molecular formula is C12H25N4O6S2-. The van der Waals surface area contributed by atoms with E-state index in [0.717, 1.165) is 13.8 Å². The summed E-state index contributed by atoms with van der Waals surface area (Å²) in [5.74, 6) is 0. The molecule has 1 aromatic heterocycles. The number of hydrogen-bond acceptors (Lipinski definition) is 9. The normalized spacial score (nSPS) is 13.3. The van der Waals surface area contributed by atoms with Gasteiger partial charge in [0.25, 0.3) is 0 Å². The number of aromatic nitrogens is 2. The van der Waals surface area contributed by atoms with Gasteiger partial charge in [-0.2, -0.15) is 4.21 Å². The molecule has 0 bridgehead atoms. The number of rotatable bonds is 3. The van der Waals surface area contributed by atoms with Crippen LogP contribution in [0.25, 0.3) is 0 Å². The minimum Gasteiger partial charge on any atom is -0.750 e. The topological polar surface area (TPSA) is 109 Å². The van der Waals surface area contributed by atoms with Gasteiger partial charge in [0.1, 0.15) is 0 Å². The molecule has 1 aromatic rings. The molecule has 1 aliphatic rings. The molecule has 0 fully saturated rings. The van der Waals surface area contributed by atoms with E-state index in [9.17, 15) is 4.21 Å². The Kier molecular flexibility index (Phi) is 17.2. The summed E-state index contributed by atoms with van der Waals surface area (Å²) < 4.78 is 42.0. The Morgan fingerprint density at radius 1 is 1.00 bits per heavy atom. The molecular weight excluding hydrogens is 360 g/mol. The molecule has 2 rings (SSSR count). The van der Waals surface area contributed by atoms with Gasteiger partial charge in [-0.05, 0) is 0 Å². The molecule has 0 saturated heterocycles.